The van der Waals surface area contributed by atoms with Crippen LogP contribution in [0.15, 0.2) is 77.6 Å². The maximum atomic E-state index is 12.3. The first-order chi connectivity index (χ1) is 16.1. The number of fused-ring (bicyclic) bond motifs is 4. The van der Waals surface area contributed by atoms with Crippen molar-refractivity contribution in [3.63, 3.8) is 0 Å². The molecule has 1 aliphatic rings. The summed E-state index contributed by atoms with van der Waals surface area (Å²) in [6, 6.07) is 22.0. The lowest BCUT2D eigenvalue weighted by Crippen LogP contribution is -2.26. The standard InChI is InChI=1S/C27H23N3O3/c1-17-29-25-13-12-18(15-23(25)26(31)30-17)7-6-14-28-27(32)33-16-24-21-10-4-2-8-19(21)20-9-3-5-11-22(20)24/h2-13,15,24H,14,16H2,1H3,(H,28,32)(H,29,30,31). The lowest BCUT2D eigenvalue weighted by molar-refractivity contribution is 0.144. The van der Waals surface area contributed by atoms with E-state index in [1.807, 2.05) is 48.6 Å². The molecule has 2 N–H and O–H groups in total. The van der Waals surface area contributed by atoms with Gasteiger partial charge >= 0.3 is 6.09 Å². The Hall–Kier alpha value is -4.19. The molecule has 1 heterocycles. The van der Waals surface area contributed by atoms with Gasteiger partial charge in [-0.25, -0.2) is 9.78 Å². The third-order valence-electron chi connectivity index (χ3n) is 5.87. The third kappa shape index (κ3) is 4.15. The summed E-state index contributed by atoms with van der Waals surface area (Å²) in [4.78, 5) is 31.4. The van der Waals surface area contributed by atoms with Crippen LogP contribution in [-0.2, 0) is 4.74 Å². The van der Waals surface area contributed by atoms with Gasteiger partial charge in [-0.1, -0.05) is 66.7 Å². The van der Waals surface area contributed by atoms with Crippen molar-refractivity contribution >= 4 is 23.1 Å². The van der Waals surface area contributed by atoms with Crippen LogP contribution in [0.3, 0.4) is 0 Å². The van der Waals surface area contributed by atoms with Crippen LogP contribution in [0.2, 0.25) is 0 Å². The molecule has 0 atom stereocenters. The molecule has 0 spiro atoms. The van der Waals surface area contributed by atoms with Crippen LogP contribution in [0.5, 0.6) is 0 Å². The highest BCUT2D eigenvalue weighted by molar-refractivity contribution is 5.81. The Balaban J connectivity index is 1.19. The molecule has 1 aromatic heterocycles. The Kier molecular flexibility index (Phi) is 5.48. The lowest BCUT2D eigenvalue weighted by atomic mass is 9.98. The number of benzene rings is 3. The predicted octanol–water partition coefficient (Wildman–Crippen LogP) is 4.78. The maximum Gasteiger partial charge on any atom is 0.407 e. The van der Waals surface area contributed by atoms with E-state index in [-0.39, 0.29) is 18.1 Å². The van der Waals surface area contributed by atoms with Gasteiger partial charge in [0.05, 0.1) is 10.9 Å². The largest absolute Gasteiger partial charge is 0.449 e. The minimum atomic E-state index is -0.462. The molecule has 0 fully saturated rings. The van der Waals surface area contributed by atoms with E-state index in [2.05, 4.69) is 39.6 Å². The van der Waals surface area contributed by atoms with Gasteiger partial charge in [-0.05, 0) is 46.9 Å². The van der Waals surface area contributed by atoms with Gasteiger partial charge in [0.25, 0.3) is 5.56 Å². The molecule has 4 aromatic rings. The molecule has 0 bridgehead atoms. The smallest absolute Gasteiger partial charge is 0.407 e. The number of carbonyl (C=O) groups excluding carboxylic acids is 1. The fourth-order valence-electron chi connectivity index (χ4n) is 4.36. The molecule has 0 unspecified atom stereocenters. The Morgan fingerprint density at radius 1 is 1.06 bits per heavy atom. The monoisotopic (exact) mass is 437 g/mol. The van der Waals surface area contributed by atoms with Crippen LogP contribution in [-0.4, -0.2) is 29.2 Å². The maximum absolute atomic E-state index is 12.3. The zero-order valence-electron chi connectivity index (χ0n) is 18.2. The number of nitrogens with zero attached hydrogens (tertiary/aromatic N) is 1. The lowest BCUT2D eigenvalue weighted by Gasteiger charge is -2.14. The zero-order chi connectivity index (χ0) is 22.8. The first-order valence-corrected chi connectivity index (χ1v) is 10.9. The number of aromatic amines is 1. The molecule has 1 amide bonds. The molecule has 3 aromatic carbocycles. The molecule has 5 rings (SSSR count). The number of carbonyl (C=O) groups is 1. The molecule has 1 aliphatic carbocycles. The summed E-state index contributed by atoms with van der Waals surface area (Å²) in [6.45, 7) is 2.35. The van der Waals surface area contributed by atoms with Gasteiger partial charge in [0.15, 0.2) is 0 Å². The number of hydrogen-bond donors (Lipinski definition) is 2. The van der Waals surface area contributed by atoms with Crippen molar-refractivity contribution in [1.82, 2.24) is 15.3 Å². The van der Waals surface area contributed by atoms with Crippen molar-refractivity contribution in [2.45, 2.75) is 12.8 Å². The van der Waals surface area contributed by atoms with E-state index in [4.69, 9.17) is 4.74 Å². The topological polar surface area (TPSA) is 84.1 Å². The van der Waals surface area contributed by atoms with E-state index in [1.165, 1.54) is 22.3 Å². The van der Waals surface area contributed by atoms with Crippen molar-refractivity contribution in [1.29, 1.82) is 0 Å². The number of alkyl carbamates (subject to hydrolysis) is 1. The Morgan fingerprint density at radius 2 is 1.76 bits per heavy atom. The summed E-state index contributed by atoms with van der Waals surface area (Å²) in [5, 5.41) is 3.29. The molecule has 0 saturated carbocycles. The van der Waals surface area contributed by atoms with E-state index in [0.29, 0.717) is 23.3 Å². The summed E-state index contributed by atoms with van der Waals surface area (Å²) < 4.78 is 5.54. The van der Waals surface area contributed by atoms with Gasteiger partial charge in [-0.3, -0.25) is 4.79 Å². The van der Waals surface area contributed by atoms with E-state index in [0.717, 1.165) is 5.56 Å². The average Bonchev–Trinajstić information content (AvgIpc) is 3.14. The average molecular weight is 437 g/mol. The van der Waals surface area contributed by atoms with E-state index in [9.17, 15) is 9.59 Å². The minimum Gasteiger partial charge on any atom is -0.449 e. The van der Waals surface area contributed by atoms with Crippen LogP contribution in [0.25, 0.3) is 28.1 Å². The first kappa shape index (κ1) is 20.7. The van der Waals surface area contributed by atoms with E-state index >= 15 is 0 Å². The third-order valence-corrected chi connectivity index (χ3v) is 5.87. The van der Waals surface area contributed by atoms with Gasteiger partial charge in [-0.2, -0.15) is 0 Å². The molecule has 6 nitrogen and oxygen atoms in total. The summed E-state index contributed by atoms with van der Waals surface area (Å²) >= 11 is 0. The second-order valence-corrected chi connectivity index (χ2v) is 8.04. The Labute approximate surface area is 191 Å². The summed E-state index contributed by atoms with van der Waals surface area (Å²) in [7, 11) is 0. The van der Waals surface area contributed by atoms with Gasteiger partial charge in [0, 0.05) is 12.5 Å². The molecule has 6 heteroatoms. The van der Waals surface area contributed by atoms with Crippen LogP contribution >= 0.6 is 0 Å². The van der Waals surface area contributed by atoms with Gasteiger partial charge in [0.2, 0.25) is 0 Å². The molecule has 33 heavy (non-hydrogen) atoms. The highest BCUT2D eigenvalue weighted by Gasteiger charge is 2.28. The SMILES string of the molecule is Cc1nc2ccc(C=CCNC(=O)OCC3c4ccccc4-c4ccccc43)cc2c(=O)[nH]1. The van der Waals surface area contributed by atoms with E-state index < -0.39 is 6.09 Å². The minimum absolute atomic E-state index is 0.0339. The first-order valence-electron chi connectivity index (χ1n) is 10.9. The zero-order valence-corrected chi connectivity index (χ0v) is 18.2. The number of amides is 1. The van der Waals surface area contributed by atoms with Gasteiger partial charge in [0.1, 0.15) is 12.4 Å². The fourth-order valence-corrected chi connectivity index (χ4v) is 4.36. The molecule has 164 valence electrons. The number of nitrogens with one attached hydrogen (secondary N) is 2. The number of aryl methyl sites for hydroxylation is 1. The second-order valence-electron chi connectivity index (χ2n) is 8.04. The van der Waals surface area contributed by atoms with E-state index in [1.54, 1.807) is 13.0 Å². The number of hydrogen-bond acceptors (Lipinski definition) is 4. The molecular weight excluding hydrogens is 414 g/mol. The molecular formula is C27H23N3O3. The second kappa shape index (κ2) is 8.74. The van der Waals surface area contributed by atoms with Crippen molar-refractivity contribution in [2.75, 3.05) is 13.2 Å². The van der Waals surface area contributed by atoms with Gasteiger partial charge in [-0.15, -0.1) is 0 Å². The summed E-state index contributed by atoms with van der Waals surface area (Å²) in [5.41, 5.74) is 6.11. The molecule has 0 saturated heterocycles. The Bertz CT molecular complexity index is 1390. The quantitative estimate of drug-likeness (QED) is 0.470. The normalized spacial score (nSPS) is 12.6. The Morgan fingerprint density at radius 3 is 2.48 bits per heavy atom. The predicted molar refractivity (Wildman–Crippen MR) is 129 cm³/mol. The van der Waals surface area contributed by atoms with Crippen molar-refractivity contribution in [2.24, 2.45) is 0 Å². The number of rotatable bonds is 5. The highest BCUT2D eigenvalue weighted by Crippen LogP contribution is 2.44. The van der Waals surface area contributed by atoms with Crippen LogP contribution in [0, 0.1) is 6.92 Å². The van der Waals surface area contributed by atoms with Crippen LogP contribution in [0.4, 0.5) is 4.79 Å². The number of aromatic nitrogens is 2. The molecule has 0 aliphatic heterocycles. The van der Waals surface area contributed by atoms with Crippen molar-refractivity contribution < 1.29 is 9.53 Å². The van der Waals surface area contributed by atoms with Crippen molar-refractivity contribution in [3.05, 3.63) is 106 Å². The van der Waals surface area contributed by atoms with Crippen molar-refractivity contribution in [3.8, 4) is 11.1 Å². The number of ether oxygens (including phenoxy) is 1. The fraction of sp³-hybridized carbons (Fsp3) is 0.148. The summed E-state index contributed by atoms with van der Waals surface area (Å²) in [5.74, 6) is 0.620. The highest BCUT2D eigenvalue weighted by atomic mass is 16.5. The molecule has 0 radical (unpaired) electrons. The van der Waals surface area contributed by atoms with Crippen LogP contribution in [0.1, 0.15) is 28.4 Å². The summed E-state index contributed by atoms with van der Waals surface area (Å²) in [6.07, 6.45) is 3.21. The van der Waals surface area contributed by atoms with Crippen LogP contribution < -0.4 is 10.9 Å². The van der Waals surface area contributed by atoms with Gasteiger partial charge < -0.3 is 15.0 Å². The number of H-pyrrole nitrogens is 1.